The lowest BCUT2D eigenvalue weighted by Gasteiger charge is -2.31. The molecule has 0 bridgehead atoms. The molecule has 2 heterocycles. The molecule has 2 rings (SSSR count). The number of piperidine rings is 1. The number of likely N-dealkylation sites (tertiary alicyclic amines) is 1. The fourth-order valence-electron chi connectivity index (χ4n) is 2.65. The van der Waals surface area contributed by atoms with Crippen LogP contribution in [-0.2, 0) is 4.79 Å². The maximum absolute atomic E-state index is 12.4. The Bertz CT molecular complexity index is 385. The van der Waals surface area contributed by atoms with Gasteiger partial charge in [-0.3, -0.25) is 10.1 Å². The molecular formula is C15H24N2OS. The van der Waals surface area contributed by atoms with Crippen LogP contribution in [0, 0.1) is 0 Å². The third kappa shape index (κ3) is 3.80. The standard InChI is InChI=1S/C15H24N2OS/c1-3-13(14-8-7-11-19-14)16-12(2)15(18)17-9-5-4-6-10-17/h7-8,11-13,16H,3-6,9-10H2,1-2H3. The lowest BCUT2D eigenvalue weighted by atomic mass is 10.1. The number of thiophene rings is 1. The van der Waals surface area contributed by atoms with Crippen LogP contribution < -0.4 is 5.32 Å². The zero-order chi connectivity index (χ0) is 13.7. The molecule has 1 amide bonds. The van der Waals surface area contributed by atoms with Crippen LogP contribution in [0.1, 0.15) is 50.4 Å². The highest BCUT2D eigenvalue weighted by molar-refractivity contribution is 7.10. The zero-order valence-electron chi connectivity index (χ0n) is 11.9. The lowest BCUT2D eigenvalue weighted by molar-refractivity contribution is -0.134. The molecule has 0 saturated carbocycles. The Morgan fingerprint density at radius 1 is 1.42 bits per heavy atom. The summed E-state index contributed by atoms with van der Waals surface area (Å²) in [5.74, 6) is 0.259. The second kappa shape index (κ2) is 7.06. The summed E-state index contributed by atoms with van der Waals surface area (Å²) in [7, 11) is 0. The van der Waals surface area contributed by atoms with E-state index in [-0.39, 0.29) is 11.9 Å². The van der Waals surface area contributed by atoms with Gasteiger partial charge in [0, 0.05) is 24.0 Å². The average molecular weight is 280 g/mol. The van der Waals surface area contributed by atoms with E-state index in [0.717, 1.165) is 32.4 Å². The molecule has 1 aliphatic rings. The molecule has 0 aliphatic carbocycles. The monoisotopic (exact) mass is 280 g/mol. The second-order valence-electron chi connectivity index (χ2n) is 5.25. The van der Waals surface area contributed by atoms with E-state index in [0.29, 0.717) is 6.04 Å². The summed E-state index contributed by atoms with van der Waals surface area (Å²) in [5.41, 5.74) is 0. The molecule has 1 aliphatic heterocycles. The van der Waals surface area contributed by atoms with E-state index in [1.165, 1.54) is 11.3 Å². The Morgan fingerprint density at radius 2 is 2.16 bits per heavy atom. The van der Waals surface area contributed by atoms with Gasteiger partial charge in [0.25, 0.3) is 0 Å². The third-order valence-corrected chi connectivity index (χ3v) is 4.77. The van der Waals surface area contributed by atoms with Crippen molar-refractivity contribution in [2.75, 3.05) is 13.1 Å². The Kier molecular flexibility index (Phi) is 5.40. The zero-order valence-corrected chi connectivity index (χ0v) is 12.7. The van der Waals surface area contributed by atoms with Gasteiger partial charge in [0.05, 0.1) is 6.04 Å². The second-order valence-corrected chi connectivity index (χ2v) is 6.23. The van der Waals surface area contributed by atoms with E-state index in [4.69, 9.17) is 0 Å². The van der Waals surface area contributed by atoms with Crippen molar-refractivity contribution < 1.29 is 4.79 Å². The SMILES string of the molecule is CCC(NC(C)C(=O)N1CCCCC1)c1cccs1. The van der Waals surface area contributed by atoms with Crippen molar-refractivity contribution in [1.82, 2.24) is 10.2 Å². The average Bonchev–Trinajstić information content (AvgIpc) is 2.98. The predicted octanol–water partition coefficient (Wildman–Crippen LogP) is 3.19. The molecule has 106 valence electrons. The topological polar surface area (TPSA) is 32.3 Å². The number of hydrogen-bond acceptors (Lipinski definition) is 3. The summed E-state index contributed by atoms with van der Waals surface area (Å²) in [4.78, 5) is 15.7. The Hall–Kier alpha value is -0.870. The van der Waals surface area contributed by atoms with Crippen LogP contribution in [0.2, 0.25) is 0 Å². The maximum atomic E-state index is 12.4. The summed E-state index contributed by atoms with van der Waals surface area (Å²) in [5, 5.41) is 5.58. The highest BCUT2D eigenvalue weighted by Crippen LogP contribution is 2.22. The van der Waals surface area contributed by atoms with Gasteiger partial charge in [-0.15, -0.1) is 11.3 Å². The summed E-state index contributed by atoms with van der Waals surface area (Å²) in [6, 6.07) is 4.42. The summed E-state index contributed by atoms with van der Waals surface area (Å²) in [6.45, 7) is 6.02. The van der Waals surface area contributed by atoms with Crippen LogP contribution in [0.4, 0.5) is 0 Å². The Balaban J connectivity index is 1.91. The highest BCUT2D eigenvalue weighted by Gasteiger charge is 2.24. The van der Waals surface area contributed by atoms with Crippen molar-refractivity contribution in [2.45, 2.75) is 51.6 Å². The van der Waals surface area contributed by atoms with Crippen LogP contribution in [0.25, 0.3) is 0 Å². The first-order valence-electron chi connectivity index (χ1n) is 7.30. The first kappa shape index (κ1) is 14.5. The van der Waals surface area contributed by atoms with Gasteiger partial charge < -0.3 is 4.90 Å². The van der Waals surface area contributed by atoms with Crippen molar-refractivity contribution in [3.8, 4) is 0 Å². The van der Waals surface area contributed by atoms with Crippen molar-refractivity contribution >= 4 is 17.2 Å². The van der Waals surface area contributed by atoms with Gasteiger partial charge in [-0.1, -0.05) is 13.0 Å². The molecular weight excluding hydrogens is 256 g/mol. The number of nitrogens with one attached hydrogen (secondary N) is 1. The van der Waals surface area contributed by atoms with Gasteiger partial charge in [-0.2, -0.15) is 0 Å². The number of amides is 1. The molecule has 2 atom stereocenters. The van der Waals surface area contributed by atoms with Gasteiger partial charge in [0.1, 0.15) is 0 Å². The van der Waals surface area contributed by atoms with E-state index >= 15 is 0 Å². The molecule has 1 N–H and O–H groups in total. The quantitative estimate of drug-likeness (QED) is 0.898. The first-order chi connectivity index (χ1) is 9.22. The van der Waals surface area contributed by atoms with Crippen molar-refractivity contribution in [1.29, 1.82) is 0 Å². The predicted molar refractivity (Wildman–Crippen MR) is 80.4 cm³/mol. The molecule has 1 aromatic heterocycles. The van der Waals surface area contributed by atoms with Gasteiger partial charge in [0.2, 0.25) is 5.91 Å². The molecule has 1 fully saturated rings. The molecule has 0 radical (unpaired) electrons. The highest BCUT2D eigenvalue weighted by atomic mass is 32.1. The van der Waals surface area contributed by atoms with Crippen LogP contribution in [0.5, 0.6) is 0 Å². The third-order valence-electron chi connectivity index (χ3n) is 3.78. The number of rotatable bonds is 5. The summed E-state index contributed by atoms with van der Waals surface area (Å²) in [6.07, 6.45) is 4.58. The van der Waals surface area contributed by atoms with Crippen LogP contribution >= 0.6 is 11.3 Å². The molecule has 0 spiro atoms. The first-order valence-corrected chi connectivity index (χ1v) is 8.18. The van der Waals surface area contributed by atoms with E-state index in [9.17, 15) is 4.79 Å². The molecule has 2 unspecified atom stereocenters. The molecule has 4 heteroatoms. The number of nitrogens with zero attached hydrogens (tertiary/aromatic N) is 1. The smallest absolute Gasteiger partial charge is 0.239 e. The minimum atomic E-state index is -0.0925. The van der Waals surface area contributed by atoms with E-state index in [2.05, 4.69) is 29.8 Å². The van der Waals surface area contributed by atoms with Crippen LogP contribution in [0.3, 0.4) is 0 Å². The van der Waals surface area contributed by atoms with Gasteiger partial charge in [0.15, 0.2) is 0 Å². The van der Waals surface area contributed by atoms with Gasteiger partial charge >= 0.3 is 0 Å². The molecule has 1 saturated heterocycles. The summed E-state index contributed by atoms with van der Waals surface area (Å²) < 4.78 is 0. The minimum Gasteiger partial charge on any atom is -0.341 e. The molecule has 19 heavy (non-hydrogen) atoms. The fraction of sp³-hybridized carbons (Fsp3) is 0.667. The van der Waals surface area contributed by atoms with Crippen molar-refractivity contribution in [3.05, 3.63) is 22.4 Å². The lowest BCUT2D eigenvalue weighted by Crippen LogP contribution is -2.47. The van der Waals surface area contributed by atoms with E-state index in [1.807, 2.05) is 11.8 Å². The minimum absolute atomic E-state index is 0.0925. The number of carbonyl (C=O) groups is 1. The number of carbonyl (C=O) groups excluding carboxylic acids is 1. The Labute approximate surface area is 120 Å². The largest absolute Gasteiger partial charge is 0.341 e. The van der Waals surface area contributed by atoms with Crippen molar-refractivity contribution in [3.63, 3.8) is 0 Å². The Morgan fingerprint density at radius 3 is 2.74 bits per heavy atom. The van der Waals surface area contributed by atoms with Crippen LogP contribution in [0.15, 0.2) is 17.5 Å². The fourth-order valence-corrected chi connectivity index (χ4v) is 3.52. The molecule has 0 aromatic carbocycles. The van der Waals surface area contributed by atoms with Gasteiger partial charge in [-0.25, -0.2) is 0 Å². The molecule has 1 aromatic rings. The summed E-state index contributed by atoms with van der Waals surface area (Å²) >= 11 is 1.76. The van der Waals surface area contributed by atoms with E-state index in [1.54, 1.807) is 11.3 Å². The number of hydrogen-bond donors (Lipinski definition) is 1. The molecule has 3 nitrogen and oxygen atoms in total. The maximum Gasteiger partial charge on any atom is 0.239 e. The van der Waals surface area contributed by atoms with Crippen LogP contribution in [-0.4, -0.2) is 29.9 Å². The van der Waals surface area contributed by atoms with Crippen molar-refractivity contribution in [2.24, 2.45) is 0 Å². The van der Waals surface area contributed by atoms with E-state index < -0.39 is 0 Å². The normalized spacial score (nSPS) is 19.2. The van der Waals surface area contributed by atoms with Gasteiger partial charge in [-0.05, 0) is 44.1 Å².